The number of hydrogen-bond acceptors (Lipinski definition) is 5. The maximum atomic E-state index is 10.3. The van der Waals surface area contributed by atoms with Crippen LogP contribution in [0.2, 0.25) is 0 Å². The fourth-order valence-electron chi connectivity index (χ4n) is 1.52. The van der Waals surface area contributed by atoms with Crippen molar-refractivity contribution < 1.29 is 14.6 Å². The normalized spacial score (nSPS) is 20.7. The molecule has 0 aromatic carbocycles. The van der Waals surface area contributed by atoms with Gasteiger partial charge in [0.05, 0.1) is 12.0 Å². The smallest absolute Gasteiger partial charge is 0.273 e. The van der Waals surface area contributed by atoms with E-state index in [0.29, 0.717) is 31.2 Å². The molecule has 1 aromatic heterocycles. The highest BCUT2D eigenvalue weighted by molar-refractivity contribution is 7.13. The minimum atomic E-state index is -0.757. The number of rotatable bonds is 2. The van der Waals surface area contributed by atoms with E-state index in [0.717, 1.165) is 4.88 Å². The Balaban J connectivity index is 2.19. The summed E-state index contributed by atoms with van der Waals surface area (Å²) in [5.74, 6) is 0. The van der Waals surface area contributed by atoms with E-state index in [1.807, 2.05) is 0 Å². The van der Waals surface area contributed by atoms with Gasteiger partial charge in [-0.2, -0.15) is 0 Å². The van der Waals surface area contributed by atoms with E-state index in [4.69, 9.17) is 9.47 Å². The lowest BCUT2D eigenvalue weighted by molar-refractivity contribution is -0.0657. The Morgan fingerprint density at radius 2 is 2.29 bits per heavy atom. The van der Waals surface area contributed by atoms with Gasteiger partial charge in [0.15, 0.2) is 0 Å². The standard InChI is InChI=1S/C9H13NO3S/c1-12-8-10-6-7(14-8)9(11)2-4-13-5-3-9/h6,11H,2-5H2,1H3. The molecule has 0 unspecified atom stereocenters. The van der Waals surface area contributed by atoms with Crippen molar-refractivity contribution in [3.8, 4) is 5.19 Å². The molecule has 0 aliphatic carbocycles. The van der Waals surface area contributed by atoms with Crippen LogP contribution in [0.15, 0.2) is 6.20 Å². The zero-order valence-corrected chi connectivity index (χ0v) is 8.84. The van der Waals surface area contributed by atoms with Crippen molar-refractivity contribution in [2.45, 2.75) is 18.4 Å². The first-order valence-corrected chi connectivity index (χ1v) is 5.37. The molecule has 1 fully saturated rings. The first-order chi connectivity index (χ1) is 6.74. The predicted octanol–water partition coefficient (Wildman–Crippen LogP) is 1.15. The monoisotopic (exact) mass is 215 g/mol. The molecule has 1 aliphatic heterocycles. The van der Waals surface area contributed by atoms with Crippen molar-refractivity contribution >= 4 is 11.3 Å². The molecule has 0 atom stereocenters. The Bertz CT molecular complexity index is 307. The summed E-state index contributed by atoms with van der Waals surface area (Å²) in [4.78, 5) is 4.92. The van der Waals surface area contributed by atoms with Gasteiger partial charge in [0.25, 0.3) is 5.19 Å². The first kappa shape index (κ1) is 9.89. The quantitative estimate of drug-likeness (QED) is 0.804. The molecule has 2 heterocycles. The zero-order valence-electron chi connectivity index (χ0n) is 8.02. The maximum Gasteiger partial charge on any atom is 0.273 e. The van der Waals surface area contributed by atoms with Crippen LogP contribution in [0.5, 0.6) is 5.19 Å². The van der Waals surface area contributed by atoms with E-state index in [1.54, 1.807) is 13.3 Å². The molecule has 2 rings (SSSR count). The molecule has 0 amide bonds. The number of thiazole rings is 1. The first-order valence-electron chi connectivity index (χ1n) is 4.55. The van der Waals surface area contributed by atoms with Crippen LogP contribution in [0.1, 0.15) is 17.7 Å². The molecule has 0 radical (unpaired) electrons. The molecule has 5 heteroatoms. The van der Waals surface area contributed by atoms with Crippen molar-refractivity contribution in [1.29, 1.82) is 0 Å². The van der Waals surface area contributed by atoms with Crippen molar-refractivity contribution in [1.82, 2.24) is 4.98 Å². The fraction of sp³-hybridized carbons (Fsp3) is 0.667. The third-order valence-corrected chi connectivity index (χ3v) is 3.59. The highest BCUT2D eigenvalue weighted by atomic mass is 32.1. The molecule has 0 spiro atoms. The summed E-state index contributed by atoms with van der Waals surface area (Å²) in [6.07, 6.45) is 2.96. The lowest BCUT2D eigenvalue weighted by Crippen LogP contribution is -2.32. The average Bonchev–Trinajstić information content (AvgIpc) is 2.67. The Morgan fingerprint density at radius 3 is 2.86 bits per heavy atom. The maximum absolute atomic E-state index is 10.3. The molecule has 0 bridgehead atoms. The third-order valence-electron chi connectivity index (χ3n) is 2.44. The van der Waals surface area contributed by atoms with E-state index < -0.39 is 5.60 Å². The van der Waals surface area contributed by atoms with Crippen molar-refractivity contribution in [2.24, 2.45) is 0 Å². The van der Waals surface area contributed by atoms with Crippen molar-refractivity contribution in [3.63, 3.8) is 0 Å². The van der Waals surface area contributed by atoms with Crippen molar-refractivity contribution in [2.75, 3.05) is 20.3 Å². The van der Waals surface area contributed by atoms with Crippen LogP contribution >= 0.6 is 11.3 Å². The van der Waals surface area contributed by atoms with Crippen LogP contribution in [-0.2, 0) is 10.3 Å². The Labute approximate surface area is 86.5 Å². The van der Waals surface area contributed by atoms with E-state index >= 15 is 0 Å². The Hall–Kier alpha value is -0.650. The minimum Gasteiger partial charge on any atom is -0.473 e. The third kappa shape index (κ3) is 1.75. The average molecular weight is 215 g/mol. The zero-order chi connectivity index (χ0) is 10.0. The fourth-order valence-corrected chi connectivity index (χ4v) is 2.40. The summed E-state index contributed by atoms with van der Waals surface area (Å²) < 4.78 is 10.2. The van der Waals surface area contributed by atoms with Crippen LogP contribution < -0.4 is 4.74 Å². The molecule has 1 saturated heterocycles. The summed E-state index contributed by atoms with van der Waals surface area (Å²) in [7, 11) is 1.58. The second-order valence-electron chi connectivity index (χ2n) is 3.34. The summed E-state index contributed by atoms with van der Waals surface area (Å²) >= 11 is 1.40. The lowest BCUT2D eigenvalue weighted by atomic mass is 9.93. The van der Waals surface area contributed by atoms with E-state index in [9.17, 15) is 5.11 Å². The van der Waals surface area contributed by atoms with Gasteiger partial charge >= 0.3 is 0 Å². The van der Waals surface area contributed by atoms with Crippen LogP contribution in [-0.4, -0.2) is 30.4 Å². The second kappa shape index (κ2) is 3.84. The number of nitrogens with zero attached hydrogens (tertiary/aromatic N) is 1. The molecule has 1 aliphatic rings. The van der Waals surface area contributed by atoms with Gasteiger partial charge in [-0.25, -0.2) is 4.98 Å². The number of hydrogen-bond donors (Lipinski definition) is 1. The Kier molecular flexibility index (Phi) is 2.71. The largest absolute Gasteiger partial charge is 0.473 e. The molecule has 0 saturated carbocycles. The molecule has 14 heavy (non-hydrogen) atoms. The highest BCUT2D eigenvalue weighted by Gasteiger charge is 2.33. The van der Waals surface area contributed by atoms with Gasteiger partial charge in [-0.05, 0) is 0 Å². The van der Waals surface area contributed by atoms with Crippen LogP contribution in [0, 0.1) is 0 Å². The van der Waals surface area contributed by atoms with E-state index in [2.05, 4.69) is 4.98 Å². The van der Waals surface area contributed by atoms with E-state index in [-0.39, 0.29) is 0 Å². The highest BCUT2D eigenvalue weighted by Crippen LogP contribution is 2.37. The number of methoxy groups -OCH3 is 1. The summed E-state index contributed by atoms with van der Waals surface area (Å²) in [6, 6.07) is 0. The number of aromatic nitrogens is 1. The van der Waals surface area contributed by atoms with Crippen LogP contribution in [0.25, 0.3) is 0 Å². The van der Waals surface area contributed by atoms with Gasteiger partial charge in [-0.3, -0.25) is 0 Å². The second-order valence-corrected chi connectivity index (χ2v) is 4.33. The van der Waals surface area contributed by atoms with Gasteiger partial charge in [-0.1, -0.05) is 11.3 Å². The molecule has 1 aromatic rings. The molecular weight excluding hydrogens is 202 g/mol. The molecule has 78 valence electrons. The SMILES string of the molecule is COc1ncc(C2(O)CCOCC2)s1. The van der Waals surface area contributed by atoms with Crippen LogP contribution in [0.3, 0.4) is 0 Å². The van der Waals surface area contributed by atoms with Gasteiger partial charge < -0.3 is 14.6 Å². The summed E-state index contributed by atoms with van der Waals surface area (Å²) in [5, 5.41) is 10.9. The van der Waals surface area contributed by atoms with Gasteiger partial charge in [-0.15, -0.1) is 0 Å². The predicted molar refractivity (Wildman–Crippen MR) is 52.6 cm³/mol. The number of ether oxygens (including phenoxy) is 2. The molecule has 4 nitrogen and oxygen atoms in total. The van der Waals surface area contributed by atoms with Crippen molar-refractivity contribution in [3.05, 3.63) is 11.1 Å². The number of aliphatic hydroxyl groups is 1. The summed E-state index contributed by atoms with van der Waals surface area (Å²) in [6.45, 7) is 1.22. The Morgan fingerprint density at radius 1 is 1.57 bits per heavy atom. The van der Waals surface area contributed by atoms with Gasteiger partial charge in [0.1, 0.15) is 5.60 Å². The van der Waals surface area contributed by atoms with Gasteiger partial charge in [0.2, 0.25) is 0 Å². The van der Waals surface area contributed by atoms with Crippen LogP contribution in [0.4, 0.5) is 0 Å². The topological polar surface area (TPSA) is 51.6 Å². The van der Waals surface area contributed by atoms with E-state index in [1.165, 1.54) is 11.3 Å². The summed E-state index contributed by atoms with van der Waals surface area (Å²) in [5.41, 5.74) is -0.757. The lowest BCUT2D eigenvalue weighted by Gasteiger charge is -2.30. The minimum absolute atomic E-state index is 0.597. The molecule has 1 N–H and O–H groups in total. The molecular formula is C9H13NO3S. The van der Waals surface area contributed by atoms with Gasteiger partial charge in [0, 0.05) is 32.3 Å².